The van der Waals surface area contributed by atoms with Crippen LogP contribution in [0, 0.1) is 13.8 Å². The first kappa shape index (κ1) is 18.8. The molecule has 6 nitrogen and oxygen atoms in total. The first-order valence-corrected chi connectivity index (χ1v) is 8.39. The van der Waals surface area contributed by atoms with Crippen LogP contribution in [0.5, 0.6) is 11.5 Å². The van der Waals surface area contributed by atoms with Gasteiger partial charge in [0.25, 0.3) is 11.8 Å². The van der Waals surface area contributed by atoms with Gasteiger partial charge in [0, 0.05) is 4.47 Å². The molecule has 2 N–H and O–H groups in total. The fourth-order valence-corrected chi connectivity index (χ4v) is 2.46. The molecule has 0 atom stereocenters. The molecule has 0 saturated heterocycles. The van der Waals surface area contributed by atoms with Crippen LogP contribution in [0.3, 0.4) is 0 Å². The molecule has 2 aromatic carbocycles. The minimum Gasteiger partial charge on any atom is -0.484 e. The van der Waals surface area contributed by atoms with Crippen LogP contribution in [-0.2, 0) is 9.59 Å². The number of nitrogens with one attached hydrogen (secondary N) is 2. The number of carbonyl (C=O) groups excluding carboxylic acids is 2. The highest BCUT2D eigenvalue weighted by atomic mass is 79.9. The van der Waals surface area contributed by atoms with Crippen molar-refractivity contribution >= 4 is 27.7 Å². The van der Waals surface area contributed by atoms with Gasteiger partial charge in [0.2, 0.25) is 0 Å². The van der Waals surface area contributed by atoms with Crippen LogP contribution < -0.4 is 20.3 Å². The number of amides is 2. The quantitative estimate of drug-likeness (QED) is 0.722. The Morgan fingerprint density at radius 3 is 2.28 bits per heavy atom. The Balaban J connectivity index is 1.69. The SMILES string of the molecule is Cc1cccc(OCC(=O)NNC(=O)COc2ccc(Br)cc2C)c1. The summed E-state index contributed by atoms with van der Waals surface area (Å²) in [6, 6.07) is 12.8. The van der Waals surface area contributed by atoms with Crippen LogP contribution in [0.15, 0.2) is 46.9 Å². The molecule has 0 saturated carbocycles. The molecule has 0 aliphatic carbocycles. The number of benzene rings is 2. The minimum atomic E-state index is -0.466. The molecule has 0 aliphatic heterocycles. The van der Waals surface area contributed by atoms with Crippen molar-refractivity contribution < 1.29 is 19.1 Å². The van der Waals surface area contributed by atoms with E-state index in [4.69, 9.17) is 9.47 Å². The van der Waals surface area contributed by atoms with E-state index in [1.165, 1.54) is 0 Å². The van der Waals surface area contributed by atoms with E-state index >= 15 is 0 Å². The van der Waals surface area contributed by atoms with Gasteiger partial charge < -0.3 is 9.47 Å². The lowest BCUT2D eigenvalue weighted by Gasteiger charge is -2.11. The van der Waals surface area contributed by atoms with Crippen molar-refractivity contribution in [1.82, 2.24) is 10.9 Å². The van der Waals surface area contributed by atoms with E-state index in [1.54, 1.807) is 12.1 Å². The van der Waals surface area contributed by atoms with Gasteiger partial charge in [-0.15, -0.1) is 0 Å². The summed E-state index contributed by atoms with van der Waals surface area (Å²) in [4.78, 5) is 23.4. The summed E-state index contributed by atoms with van der Waals surface area (Å²) in [5.41, 5.74) is 6.49. The predicted octanol–water partition coefficient (Wildman–Crippen LogP) is 2.67. The van der Waals surface area contributed by atoms with Crippen molar-refractivity contribution in [1.29, 1.82) is 0 Å². The highest BCUT2D eigenvalue weighted by Crippen LogP contribution is 2.21. The normalized spacial score (nSPS) is 10.0. The smallest absolute Gasteiger partial charge is 0.276 e. The molecular weight excluding hydrogens is 388 g/mol. The predicted molar refractivity (Wildman–Crippen MR) is 97.3 cm³/mol. The lowest BCUT2D eigenvalue weighted by atomic mass is 10.2. The highest BCUT2D eigenvalue weighted by Gasteiger charge is 2.08. The fraction of sp³-hybridized carbons (Fsp3) is 0.222. The molecular formula is C18H19BrN2O4. The van der Waals surface area contributed by atoms with Crippen molar-refractivity contribution in [3.05, 3.63) is 58.1 Å². The zero-order chi connectivity index (χ0) is 18.2. The standard InChI is InChI=1S/C18H19BrN2O4/c1-12-4-3-5-15(8-12)24-10-17(22)20-21-18(23)11-25-16-7-6-14(19)9-13(16)2/h3-9H,10-11H2,1-2H3,(H,20,22)(H,21,23). The second-order valence-electron chi connectivity index (χ2n) is 5.40. The number of rotatable bonds is 6. The van der Waals surface area contributed by atoms with Crippen LogP contribution in [-0.4, -0.2) is 25.0 Å². The Kier molecular flexibility index (Phi) is 6.82. The van der Waals surface area contributed by atoms with E-state index in [9.17, 15) is 9.59 Å². The summed E-state index contributed by atoms with van der Waals surface area (Å²) in [6.07, 6.45) is 0. The second-order valence-corrected chi connectivity index (χ2v) is 6.32. The van der Waals surface area contributed by atoms with Crippen LogP contribution in [0.25, 0.3) is 0 Å². The highest BCUT2D eigenvalue weighted by molar-refractivity contribution is 9.10. The van der Waals surface area contributed by atoms with Gasteiger partial charge in [-0.1, -0.05) is 28.1 Å². The first-order valence-electron chi connectivity index (χ1n) is 7.60. The zero-order valence-corrected chi connectivity index (χ0v) is 15.6. The summed E-state index contributed by atoms with van der Waals surface area (Å²) in [6.45, 7) is 3.40. The van der Waals surface area contributed by atoms with E-state index in [1.807, 2.05) is 44.2 Å². The van der Waals surface area contributed by atoms with Gasteiger partial charge in [-0.2, -0.15) is 0 Å². The molecule has 0 spiro atoms. The lowest BCUT2D eigenvalue weighted by Crippen LogP contribution is -2.45. The Morgan fingerprint density at radius 1 is 0.960 bits per heavy atom. The molecule has 0 radical (unpaired) electrons. The molecule has 0 aromatic heterocycles. The van der Waals surface area contributed by atoms with Gasteiger partial charge >= 0.3 is 0 Å². The number of hydrogen-bond donors (Lipinski definition) is 2. The average Bonchev–Trinajstić information content (AvgIpc) is 2.57. The van der Waals surface area contributed by atoms with Gasteiger partial charge in [-0.25, -0.2) is 0 Å². The fourth-order valence-electron chi connectivity index (χ4n) is 1.98. The maximum atomic E-state index is 11.7. The number of carbonyl (C=O) groups is 2. The Bertz CT molecular complexity index is 764. The van der Waals surface area contributed by atoms with Gasteiger partial charge in [-0.05, 0) is 55.3 Å². The van der Waals surface area contributed by atoms with E-state index in [0.29, 0.717) is 11.5 Å². The Hall–Kier alpha value is -2.54. The molecule has 0 unspecified atom stereocenters. The maximum absolute atomic E-state index is 11.7. The third kappa shape index (κ3) is 6.46. The first-order chi connectivity index (χ1) is 11.9. The number of hydrazine groups is 1. The second kappa shape index (κ2) is 9.08. The van der Waals surface area contributed by atoms with Crippen LogP contribution in [0.2, 0.25) is 0 Å². The van der Waals surface area contributed by atoms with Crippen molar-refractivity contribution in [2.75, 3.05) is 13.2 Å². The number of halogens is 1. The topological polar surface area (TPSA) is 76.7 Å². The van der Waals surface area contributed by atoms with Crippen LogP contribution in [0.1, 0.15) is 11.1 Å². The third-order valence-corrected chi connectivity index (χ3v) is 3.69. The third-order valence-electron chi connectivity index (χ3n) is 3.20. The van der Waals surface area contributed by atoms with Crippen molar-refractivity contribution in [2.45, 2.75) is 13.8 Å². The van der Waals surface area contributed by atoms with Gasteiger partial charge in [0.1, 0.15) is 11.5 Å². The molecule has 25 heavy (non-hydrogen) atoms. The summed E-state index contributed by atoms with van der Waals surface area (Å²) in [5.74, 6) is 0.267. The van der Waals surface area contributed by atoms with Crippen molar-refractivity contribution in [2.24, 2.45) is 0 Å². The number of aryl methyl sites for hydroxylation is 2. The molecule has 132 valence electrons. The summed E-state index contributed by atoms with van der Waals surface area (Å²) < 4.78 is 11.7. The summed E-state index contributed by atoms with van der Waals surface area (Å²) in [7, 11) is 0. The maximum Gasteiger partial charge on any atom is 0.276 e. The van der Waals surface area contributed by atoms with Gasteiger partial charge in [0.05, 0.1) is 0 Å². The van der Waals surface area contributed by atoms with E-state index in [0.717, 1.165) is 15.6 Å². The van der Waals surface area contributed by atoms with E-state index < -0.39 is 11.8 Å². The molecule has 2 aromatic rings. The van der Waals surface area contributed by atoms with Gasteiger partial charge in [-0.3, -0.25) is 20.4 Å². The van der Waals surface area contributed by atoms with Crippen molar-refractivity contribution in [3.63, 3.8) is 0 Å². The molecule has 0 fully saturated rings. The number of ether oxygens (including phenoxy) is 2. The summed E-state index contributed by atoms with van der Waals surface area (Å²) in [5, 5.41) is 0. The van der Waals surface area contributed by atoms with E-state index in [-0.39, 0.29) is 13.2 Å². The van der Waals surface area contributed by atoms with Crippen LogP contribution in [0.4, 0.5) is 0 Å². The summed E-state index contributed by atoms with van der Waals surface area (Å²) >= 11 is 3.36. The number of hydrogen-bond acceptors (Lipinski definition) is 4. The molecule has 0 heterocycles. The van der Waals surface area contributed by atoms with Crippen LogP contribution >= 0.6 is 15.9 Å². The van der Waals surface area contributed by atoms with E-state index in [2.05, 4.69) is 26.8 Å². The zero-order valence-electron chi connectivity index (χ0n) is 14.0. The van der Waals surface area contributed by atoms with Crippen molar-refractivity contribution in [3.8, 4) is 11.5 Å². The molecule has 0 aliphatic rings. The lowest BCUT2D eigenvalue weighted by molar-refractivity contribution is -0.131. The average molecular weight is 407 g/mol. The largest absolute Gasteiger partial charge is 0.484 e. The molecule has 2 rings (SSSR count). The molecule has 0 bridgehead atoms. The Morgan fingerprint density at radius 2 is 1.64 bits per heavy atom. The molecule has 2 amide bonds. The minimum absolute atomic E-state index is 0.198. The Labute approximate surface area is 154 Å². The van der Waals surface area contributed by atoms with Gasteiger partial charge in [0.15, 0.2) is 13.2 Å². The molecule has 7 heteroatoms. The monoisotopic (exact) mass is 406 g/mol.